The minimum Gasteiger partial charge on any atom is -0.481 e. The number of thioether (sulfide) groups is 1. The summed E-state index contributed by atoms with van der Waals surface area (Å²) in [6.45, 7) is 1.99. The molecule has 0 amide bonds. The van der Waals surface area contributed by atoms with Crippen LogP contribution in [0.15, 0.2) is 28.8 Å². The average Bonchev–Trinajstić information content (AvgIpc) is 2.77. The Labute approximate surface area is 108 Å². The fourth-order valence-electron chi connectivity index (χ4n) is 1.44. The smallest absolute Gasteiger partial charge is 0.313 e. The molecule has 1 aromatic carbocycles. The Bertz CT molecular complexity index is 554. The molecule has 0 spiro atoms. The first kappa shape index (κ1) is 12.6. The van der Waals surface area contributed by atoms with Crippen LogP contribution in [-0.4, -0.2) is 27.0 Å². The number of aromatic nitrogens is 2. The molecule has 0 aliphatic heterocycles. The van der Waals surface area contributed by atoms with E-state index in [4.69, 9.17) is 9.63 Å². The van der Waals surface area contributed by atoms with Gasteiger partial charge in [0, 0.05) is 5.56 Å². The Hall–Kier alpha value is -1.82. The summed E-state index contributed by atoms with van der Waals surface area (Å²) in [5.74, 6) is 0.564. The minimum absolute atomic E-state index is 0.0299. The van der Waals surface area contributed by atoms with Crippen molar-refractivity contribution in [3.8, 4) is 11.4 Å². The predicted octanol–water partition coefficient (Wildman–Crippen LogP) is 2.36. The third-order valence-electron chi connectivity index (χ3n) is 2.20. The molecule has 0 saturated carbocycles. The molecule has 0 saturated heterocycles. The summed E-state index contributed by atoms with van der Waals surface area (Å²) in [5.41, 5.74) is 2.02. The van der Waals surface area contributed by atoms with E-state index in [2.05, 4.69) is 10.1 Å². The maximum absolute atomic E-state index is 10.4. The van der Waals surface area contributed by atoms with Crippen LogP contribution in [0.4, 0.5) is 0 Å². The Balaban J connectivity index is 2.04. The van der Waals surface area contributed by atoms with E-state index in [1.165, 1.54) is 11.8 Å². The standard InChI is InChI=1S/C12H12N2O3S/c1-8-3-2-4-9(5-8)12-13-10(17-14-12)6-18-7-11(15)16/h2-5H,6-7H2,1H3,(H,15,16). The molecule has 0 aliphatic carbocycles. The first-order valence-corrected chi connectivity index (χ1v) is 6.50. The SMILES string of the molecule is Cc1cccc(-c2noc(CSCC(=O)O)n2)c1. The summed E-state index contributed by atoms with van der Waals surface area (Å²) in [5, 5.41) is 12.4. The van der Waals surface area contributed by atoms with Gasteiger partial charge in [0.25, 0.3) is 0 Å². The summed E-state index contributed by atoms with van der Waals surface area (Å²) in [6.07, 6.45) is 0. The van der Waals surface area contributed by atoms with Crippen LogP contribution >= 0.6 is 11.8 Å². The van der Waals surface area contributed by atoms with Crippen LogP contribution in [0.25, 0.3) is 11.4 Å². The van der Waals surface area contributed by atoms with E-state index in [1.807, 2.05) is 31.2 Å². The number of aryl methyl sites for hydroxylation is 1. The molecule has 5 nitrogen and oxygen atoms in total. The number of benzene rings is 1. The van der Waals surface area contributed by atoms with Crippen LogP contribution in [0.5, 0.6) is 0 Å². The summed E-state index contributed by atoms with van der Waals surface area (Å²) >= 11 is 1.23. The molecule has 0 fully saturated rings. The Morgan fingerprint density at radius 2 is 2.33 bits per heavy atom. The first-order chi connectivity index (χ1) is 8.65. The molecule has 0 aliphatic rings. The van der Waals surface area contributed by atoms with Crippen LogP contribution in [0.3, 0.4) is 0 Å². The summed E-state index contributed by atoms with van der Waals surface area (Å²) in [7, 11) is 0. The highest BCUT2D eigenvalue weighted by molar-refractivity contribution is 7.99. The zero-order valence-electron chi connectivity index (χ0n) is 9.79. The predicted molar refractivity (Wildman–Crippen MR) is 68.3 cm³/mol. The van der Waals surface area contributed by atoms with Gasteiger partial charge in [-0.25, -0.2) is 0 Å². The molecule has 2 rings (SSSR count). The molecule has 94 valence electrons. The average molecular weight is 264 g/mol. The van der Waals surface area contributed by atoms with Gasteiger partial charge in [-0.2, -0.15) is 4.98 Å². The Kier molecular flexibility index (Phi) is 3.99. The van der Waals surface area contributed by atoms with Gasteiger partial charge >= 0.3 is 5.97 Å². The maximum atomic E-state index is 10.4. The van der Waals surface area contributed by atoms with Crippen molar-refractivity contribution in [3.63, 3.8) is 0 Å². The minimum atomic E-state index is -0.849. The molecule has 1 heterocycles. The summed E-state index contributed by atoms with van der Waals surface area (Å²) < 4.78 is 5.07. The van der Waals surface area contributed by atoms with Crippen molar-refractivity contribution in [2.75, 3.05) is 5.75 Å². The van der Waals surface area contributed by atoms with Crippen LogP contribution in [-0.2, 0) is 10.5 Å². The second kappa shape index (κ2) is 5.68. The maximum Gasteiger partial charge on any atom is 0.313 e. The second-order valence-electron chi connectivity index (χ2n) is 3.77. The van der Waals surface area contributed by atoms with E-state index in [1.54, 1.807) is 0 Å². The van der Waals surface area contributed by atoms with Crippen molar-refractivity contribution in [1.82, 2.24) is 10.1 Å². The lowest BCUT2D eigenvalue weighted by atomic mass is 10.1. The highest BCUT2D eigenvalue weighted by atomic mass is 32.2. The van der Waals surface area contributed by atoms with Crippen molar-refractivity contribution in [1.29, 1.82) is 0 Å². The van der Waals surface area contributed by atoms with Gasteiger partial charge in [0.05, 0.1) is 11.5 Å². The summed E-state index contributed by atoms with van der Waals surface area (Å²) in [4.78, 5) is 14.6. The van der Waals surface area contributed by atoms with Crippen molar-refractivity contribution >= 4 is 17.7 Å². The molecule has 1 aromatic heterocycles. The highest BCUT2D eigenvalue weighted by Crippen LogP contribution is 2.18. The number of aliphatic carboxylic acids is 1. The number of carboxylic acid groups (broad SMARTS) is 1. The topological polar surface area (TPSA) is 76.2 Å². The largest absolute Gasteiger partial charge is 0.481 e. The highest BCUT2D eigenvalue weighted by Gasteiger charge is 2.09. The molecule has 0 atom stereocenters. The fraction of sp³-hybridized carbons (Fsp3) is 0.250. The van der Waals surface area contributed by atoms with Crippen molar-refractivity contribution in [2.24, 2.45) is 0 Å². The van der Waals surface area contributed by atoms with Gasteiger partial charge < -0.3 is 9.63 Å². The van der Waals surface area contributed by atoms with Crippen molar-refractivity contribution in [2.45, 2.75) is 12.7 Å². The zero-order valence-corrected chi connectivity index (χ0v) is 10.6. The van der Waals surface area contributed by atoms with Crippen LogP contribution in [0.1, 0.15) is 11.5 Å². The van der Waals surface area contributed by atoms with E-state index in [-0.39, 0.29) is 5.75 Å². The Morgan fingerprint density at radius 1 is 1.50 bits per heavy atom. The number of carbonyl (C=O) groups is 1. The lowest BCUT2D eigenvalue weighted by molar-refractivity contribution is -0.133. The van der Waals surface area contributed by atoms with Gasteiger partial charge in [0.1, 0.15) is 0 Å². The molecule has 1 N–H and O–H groups in total. The third-order valence-corrected chi connectivity index (χ3v) is 3.10. The van der Waals surface area contributed by atoms with Gasteiger partial charge in [-0.05, 0) is 13.0 Å². The number of hydrogen-bond donors (Lipinski definition) is 1. The molecular weight excluding hydrogens is 252 g/mol. The molecule has 0 radical (unpaired) electrons. The van der Waals surface area contributed by atoms with E-state index in [0.717, 1.165) is 11.1 Å². The number of carboxylic acids is 1. The number of nitrogens with zero attached hydrogens (tertiary/aromatic N) is 2. The molecular formula is C12H12N2O3S. The van der Waals surface area contributed by atoms with E-state index in [0.29, 0.717) is 17.5 Å². The molecule has 0 bridgehead atoms. The fourth-order valence-corrected chi connectivity index (χ4v) is 2.01. The molecule has 6 heteroatoms. The van der Waals surface area contributed by atoms with E-state index in [9.17, 15) is 4.79 Å². The van der Waals surface area contributed by atoms with Gasteiger partial charge in [0.15, 0.2) is 0 Å². The summed E-state index contributed by atoms with van der Waals surface area (Å²) in [6, 6.07) is 7.80. The van der Waals surface area contributed by atoms with E-state index < -0.39 is 5.97 Å². The van der Waals surface area contributed by atoms with E-state index >= 15 is 0 Å². The van der Waals surface area contributed by atoms with Gasteiger partial charge in [-0.1, -0.05) is 28.9 Å². The van der Waals surface area contributed by atoms with Crippen LogP contribution in [0.2, 0.25) is 0 Å². The quantitative estimate of drug-likeness (QED) is 0.893. The van der Waals surface area contributed by atoms with Crippen LogP contribution in [0, 0.1) is 6.92 Å². The van der Waals surface area contributed by atoms with Crippen molar-refractivity contribution in [3.05, 3.63) is 35.7 Å². The monoisotopic (exact) mass is 264 g/mol. The van der Waals surface area contributed by atoms with Gasteiger partial charge in [0.2, 0.25) is 11.7 Å². The third kappa shape index (κ3) is 3.33. The number of hydrogen-bond acceptors (Lipinski definition) is 5. The second-order valence-corrected chi connectivity index (χ2v) is 4.75. The molecule has 0 unspecified atom stereocenters. The van der Waals surface area contributed by atoms with Gasteiger partial charge in [-0.15, -0.1) is 11.8 Å². The molecule has 18 heavy (non-hydrogen) atoms. The lowest BCUT2D eigenvalue weighted by Gasteiger charge is -1.95. The first-order valence-electron chi connectivity index (χ1n) is 5.34. The zero-order chi connectivity index (χ0) is 13.0. The normalized spacial score (nSPS) is 10.5. The molecule has 2 aromatic rings. The Morgan fingerprint density at radius 3 is 3.06 bits per heavy atom. The van der Waals surface area contributed by atoms with Crippen molar-refractivity contribution < 1.29 is 14.4 Å². The lowest BCUT2D eigenvalue weighted by Crippen LogP contribution is -1.98. The number of rotatable bonds is 5. The van der Waals surface area contributed by atoms with Gasteiger partial charge in [-0.3, -0.25) is 4.79 Å². The van der Waals surface area contributed by atoms with Crippen LogP contribution < -0.4 is 0 Å².